The van der Waals surface area contributed by atoms with E-state index in [0.717, 1.165) is 0 Å². The van der Waals surface area contributed by atoms with Crippen LogP contribution in [0.15, 0.2) is 11.6 Å². The van der Waals surface area contributed by atoms with Crippen LogP contribution in [0.2, 0.25) is 0 Å². The summed E-state index contributed by atoms with van der Waals surface area (Å²) in [5, 5.41) is 16.1. The number of anilines is 1. The standard InChI is InChI=1S/C11H15N5O4S2/c1-22(19,20)14-4-2-8(3-5-14)12-9-10(16(17)18)15-6-7-21-11(15)13-9/h6-8,12H,2-5H2,1H3. The number of piperidine rings is 1. The minimum atomic E-state index is -3.18. The Balaban J connectivity index is 1.76. The number of hydrogen-bond donors (Lipinski definition) is 1. The topological polar surface area (TPSA) is 110 Å². The lowest BCUT2D eigenvalue weighted by atomic mass is 10.1. The number of rotatable bonds is 4. The molecule has 3 heterocycles. The van der Waals surface area contributed by atoms with Crippen molar-refractivity contribution in [2.24, 2.45) is 0 Å². The van der Waals surface area contributed by atoms with Gasteiger partial charge in [-0.2, -0.15) is 9.38 Å². The smallest absolute Gasteiger partial charge is 0.360 e. The number of hydrogen-bond acceptors (Lipinski definition) is 7. The first kappa shape index (κ1) is 15.2. The van der Waals surface area contributed by atoms with Gasteiger partial charge in [0.05, 0.1) is 6.26 Å². The van der Waals surface area contributed by atoms with E-state index in [2.05, 4.69) is 10.3 Å². The van der Waals surface area contributed by atoms with Crippen molar-refractivity contribution < 1.29 is 13.3 Å². The molecule has 11 heteroatoms. The summed E-state index contributed by atoms with van der Waals surface area (Å²) in [5.41, 5.74) is 0. The van der Waals surface area contributed by atoms with Crippen molar-refractivity contribution in [2.45, 2.75) is 18.9 Å². The number of imidazole rings is 1. The van der Waals surface area contributed by atoms with E-state index in [4.69, 9.17) is 0 Å². The van der Waals surface area contributed by atoms with Gasteiger partial charge in [0.15, 0.2) is 0 Å². The maximum atomic E-state index is 11.5. The van der Waals surface area contributed by atoms with Gasteiger partial charge in [-0.05, 0) is 17.8 Å². The molecule has 0 bridgehead atoms. The van der Waals surface area contributed by atoms with Gasteiger partial charge >= 0.3 is 5.82 Å². The minimum Gasteiger partial charge on any atom is -0.360 e. The van der Waals surface area contributed by atoms with Crippen molar-refractivity contribution in [3.63, 3.8) is 0 Å². The van der Waals surface area contributed by atoms with E-state index in [0.29, 0.717) is 30.9 Å². The third-order valence-electron chi connectivity index (χ3n) is 3.67. The van der Waals surface area contributed by atoms with Crippen LogP contribution in [0.5, 0.6) is 0 Å². The summed E-state index contributed by atoms with van der Waals surface area (Å²) in [4.78, 5) is 15.6. The van der Waals surface area contributed by atoms with Gasteiger partial charge in [0.2, 0.25) is 15.8 Å². The molecule has 0 unspecified atom stereocenters. The Kier molecular flexibility index (Phi) is 3.78. The fourth-order valence-electron chi connectivity index (χ4n) is 2.57. The zero-order valence-electron chi connectivity index (χ0n) is 11.8. The Labute approximate surface area is 130 Å². The minimum absolute atomic E-state index is 0.0266. The SMILES string of the molecule is CS(=O)(=O)N1CCC(Nc2nc3sccn3c2[N+](=O)[O-])CC1. The van der Waals surface area contributed by atoms with E-state index < -0.39 is 14.9 Å². The van der Waals surface area contributed by atoms with Crippen LogP contribution in [0.4, 0.5) is 11.6 Å². The van der Waals surface area contributed by atoms with E-state index in [-0.39, 0.29) is 17.7 Å². The van der Waals surface area contributed by atoms with Gasteiger partial charge in [-0.3, -0.25) is 0 Å². The fraction of sp³-hybridized carbons (Fsp3) is 0.545. The summed E-state index contributed by atoms with van der Waals surface area (Å²) in [6.07, 6.45) is 3.99. The molecule has 0 aromatic carbocycles. The molecular formula is C11H15N5O4S2. The zero-order chi connectivity index (χ0) is 15.9. The molecule has 0 spiro atoms. The van der Waals surface area contributed by atoms with E-state index in [1.165, 1.54) is 26.3 Å². The molecule has 0 atom stereocenters. The second-order valence-electron chi connectivity index (χ2n) is 5.18. The average molecular weight is 345 g/mol. The highest BCUT2D eigenvalue weighted by atomic mass is 32.2. The Bertz CT molecular complexity index is 804. The molecule has 2 aromatic rings. The monoisotopic (exact) mass is 345 g/mol. The first-order valence-corrected chi connectivity index (χ1v) is 9.40. The predicted molar refractivity (Wildman–Crippen MR) is 82.8 cm³/mol. The molecule has 9 nitrogen and oxygen atoms in total. The predicted octanol–water partition coefficient (Wildman–Crippen LogP) is 1.14. The molecule has 1 N–H and O–H groups in total. The molecule has 0 saturated carbocycles. The summed E-state index contributed by atoms with van der Waals surface area (Å²) in [7, 11) is -3.18. The van der Waals surface area contributed by atoms with Crippen LogP contribution in [0.1, 0.15) is 12.8 Å². The molecule has 1 aliphatic rings. The number of nitro groups is 1. The van der Waals surface area contributed by atoms with E-state index >= 15 is 0 Å². The van der Waals surface area contributed by atoms with Crippen LogP contribution >= 0.6 is 11.3 Å². The fourth-order valence-corrected chi connectivity index (χ4v) is 4.15. The maximum Gasteiger partial charge on any atom is 0.372 e. The summed E-state index contributed by atoms with van der Waals surface area (Å²) in [6, 6.07) is -0.0266. The van der Waals surface area contributed by atoms with Gasteiger partial charge in [-0.25, -0.2) is 12.7 Å². The molecule has 2 aromatic heterocycles. The number of fused-ring (bicyclic) bond motifs is 1. The zero-order valence-corrected chi connectivity index (χ0v) is 13.4. The number of aromatic nitrogens is 2. The van der Waals surface area contributed by atoms with Gasteiger partial charge in [0, 0.05) is 24.5 Å². The van der Waals surface area contributed by atoms with Gasteiger partial charge in [-0.15, -0.1) is 0 Å². The first-order valence-electron chi connectivity index (χ1n) is 6.68. The average Bonchev–Trinajstić information content (AvgIpc) is 2.97. The molecule has 1 saturated heterocycles. The van der Waals surface area contributed by atoms with Gasteiger partial charge in [0.25, 0.3) is 4.96 Å². The van der Waals surface area contributed by atoms with Crippen LogP contribution in [0.3, 0.4) is 0 Å². The Hall–Kier alpha value is -1.72. The van der Waals surface area contributed by atoms with Crippen molar-refractivity contribution >= 4 is 38.0 Å². The maximum absolute atomic E-state index is 11.5. The van der Waals surface area contributed by atoms with Crippen molar-refractivity contribution in [3.05, 3.63) is 21.7 Å². The Morgan fingerprint density at radius 3 is 2.73 bits per heavy atom. The second-order valence-corrected chi connectivity index (χ2v) is 8.03. The van der Waals surface area contributed by atoms with Crippen molar-refractivity contribution in [3.8, 4) is 0 Å². The Morgan fingerprint density at radius 1 is 1.45 bits per heavy atom. The third kappa shape index (κ3) is 2.78. The molecule has 120 valence electrons. The molecule has 1 fully saturated rings. The summed E-state index contributed by atoms with van der Waals surface area (Å²) in [5.74, 6) is 0.163. The normalized spacial score (nSPS) is 17.9. The quantitative estimate of drug-likeness (QED) is 0.657. The number of nitrogens with zero attached hydrogens (tertiary/aromatic N) is 4. The number of sulfonamides is 1. The second kappa shape index (κ2) is 5.48. The van der Waals surface area contributed by atoms with Crippen LogP contribution in [-0.2, 0) is 10.0 Å². The first-order chi connectivity index (χ1) is 10.4. The lowest BCUT2D eigenvalue weighted by Crippen LogP contribution is -2.41. The highest BCUT2D eigenvalue weighted by Gasteiger charge is 2.29. The van der Waals surface area contributed by atoms with E-state index in [1.54, 1.807) is 11.6 Å². The molecule has 1 aliphatic heterocycles. The van der Waals surface area contributed by atoms with E-state index in [9.17, 15) is 18.5 Å². The number of nitrogens with one attached hydrogen (secondary N) is 1. The molecule has 0 radical (unpaired) electrons. The Morgan fingerprint density at radius 2 is 2.14 bits per heavy atom. The van der Waals surface area contributed by atoms with Gasteiger partial charge in [0.1, 0.15) is 6.20 Å². The molecule has 22 heavy (non-hydrogen) atoms. The van der Waals surface area contributed by atoms with Crippen molar-refractivity contribution in [2.75, 3.05) is 24.7 Å². The van der Waals surface area contributed by atoms with Crippen LogP contribution < -0.4 is 5.32 Å². The van der Waals surface area contributed by atoms with Crippen LogP contribution in [-0.4, -0.2) is 52.4 Å². The van der Waals surface area contributed by atoms with Crippen molar-refractivity contribution in [1.29, 1.82) is 0 Å². The van der Waals surface area contributed by atoms with Gasteiger partial charge < -0.3 is 15.4 Å². The lowest BCUT2D eigenvalue weighted by molar-refractivity contribution is -0.389. The molecule has 0 amide bonds. The highest BCUT2D eigenvalue weighted by molar-refractivity contribution is 7.88. The van der Waals surface area contributed by atoms with E-state index in [1.807, 2.05) is 0 Å². The summed E-state index contributed by atoms with van der Waals surface area (Å²) in [6.45, 7) is 0.818. The molecular weight excluding hydrogens is 330 g/mol. The largest absolute Gasteiger partial charge is 0.372 e. The van der Waals surface area contributed by atoms with Crippen LogP contribution in [0, 0.1) is 10.1 Å². The summed E-state index contributed by atoms with van der Waals surface area (Å²) >= 11 is 1.33. The summed E-state index contributed by atoms with van der Waals surface area (Å²) < 4.78 is 25.8. The lowest BCUT2D eigenvalue weighted by Gasteiger charge is -2.30. The van der Waals surface area contributed by atoms with Gasteiger partial charge in [-0.1, -0.05) is 11.3 Å². The molecule has 0 aliphatic carbocycles. The number of thiazole rings is 1. The van der Waals surface area contributed by atoms with Crippen LogP contribution in [0.25, 0.3) is 4.96 Å². The highest BCUT2D eigenvalue weighted by Crippen LogP contribution is 2.29. The third-order valence-corrected chi connectivity index (χ3v) is 5.73. The van der Waals surface area contributed by atoms with Crippen molar-refractivity contribution in [1.82, 2.24) is 13.7 Å². The molecule has 3 rings (SSSR count).